The van der Waals surface area contributed by atoms with Gasteiger partial charge in [-0.15, -0.1) is 0 Å². The minimum absolute atomic E-state index is 0.0545. The highest BCUT2D eigenvalue weighted by atomic mass is 19.1. The van der Waals surface area contributed by atoms with Crippen molar-refractivity contribution >= 4 is 0 Å². The first-order valence-corrected chi connectivity index (χ1v) is 8.11. The second kappa shape index (κ2) is 7.50. The monoisotopic (exact) mass is 366 g/mol. The van der Waals surface area contributed by atoms with Gasteiger partial charge in [-0.25, -0.2) is 9.18 Å². The SMILES string of the molecule is O=c1ccn([C@@H]2O[C@H](CO)[C@@H](O)[C@H]2O)c(=O)n1CCc1ccc(F)cc1. The molecule has 2 aromatic rings. The van der Waals surface area contributed by atoms with Gasteiger partial charge < -0.3 is 20.1 Å². The van der Waals surface area contributed by atoms with Crippen molar-refractivity contribution in [3.8, 4) is 0 Å². The van der Waals surface area contributed by atoms with Crippen LogP contribution in [0.5, 0.6) is 0 Å². The van der Waals surface area contributed by atoms with Crippen LogP contribution in [0.25, 0.3) is 0 Å². The molecule has 1 aliphatic rings. The summed E-state index contributed by atoms with van der Waals surface area (Å²) < 4.78 is 20.3. The normalized spacial score (nSPS) is 25.5. The fourth-order valence-corrected chi connectivity index (χ4v) is 2.93. The first kappa shape index (κ1) is 18.5. The highest BCUT2D eigenvalue weighted by molar-refractivity contribution is 5.16. The Labute approximate surface area is 147 Å². The Morgan fingerprint density at radius 1 is 1.08 bits per heavy atom. The lowest BCUT2D eigenvalue weighted by molar-refractivity contribution is -0.0556. The van der Waals surface area contributed by atoms with Gasteiger partial charge in [0, 0.05) is 18.8 Å². The summed E-state index contributed by atoms with van der Waals surface area (Å²) >= 11 is 0. The molecule has 0 saturated carbocycles. The molecule has 26 heavy (non-hydrogen) atoms. The van der Waals surface area contributed by atoms with Gasteiger partial charge in [-0.1, -0.05) is 12.1 Å². The number of benzene rings is 1. The van der Waals surface area contributed by atoms with Crippen molar-refractivity contribution in [2.24, 2.45) is 0 Å². The van der Waals surface area contributed by atoms with E-state index in [-0.39, 0.29) is 12.4 Å². The molecule has 1 aliphatic heterocycles. The van der Waals surface area contributed by atoms with Crippen LogP contribution in [-0.2, 0) is 17.7 Å². The van der Waals surface area contributed by atoms with Gasteiger partial charge in [0.2, 0.25) is 0 Å². The van der Waals surface area contributed by atoms with Gasteiger partial charge in [-0.3, -0.25) is 13.9 Å². The number of hydrogen-bond donors (Lipinski definition) is 3. The molecule has 8 nitrogen and oxygen atoms in total. The predicted molar refractivity (Wildman–Crippen MR) is 88.1 cm³/mol. The van der Waals surface area contributed by atoms with E-state index in [1.165, 1.54) is 18.3 Å². The number of ether oxygens (including phenoxy) is 1. The standard InChI is InChI=1S/C17H19FN2O6/c18-11-3-1-10(2-4-11)5-7-19-13(22)6-8-20(17(19)25)16-15(24)14(23)12(9-21)26-16/h1-4,6,8,12,14-16,21,23-24H,5,7,9H2/t12-,14-,15-,16-/m1/s1. The summed E-state index contributed by atoms with van der Waals surface area (Å²) in [6, 6.07) is 6.86. The second-order valence-corrected chi connectivity index (χ2v) is 6.10. The number of aryl methyl sites for hydroxylation is 1. The van der Waals surface area contributed by atoms with Crippen LogP contribution in [0.4, 0.5) is 4.39 Å². The Bertz CT molecular complexity index is 878. The summed E-state index contributed by atoms with van der Waals surface area (Å²) in [5.41, 5.74) is -0.490. The largest absolute Gasteiger partial charge is 0.394 e. The summed E-state index contributed by atoms with van der Waals surface area (Å²) in [6.45, 7) is -0.466. The molecule has 0 aliphatic carbocycles. The van der Waals surface area contributed by atoms with Crippen LogP contribution < -0.4 is 11.2 Å². The second-order valence-electron chi connectivity index (χ2n) is 6.10. The Balaban J connectivity index is 1.86. The Hall–Kier alpha value is -2.33. The number of aliphatic hydroxyl groups excluding tert-OH is 3. The van der Waals surface area contributed by atoms with Crippen molar-refractivity contribution in [1.29, 1.82) is 0 Å². The molecule has 4 atom stereocenters. The first-order chi connectivity index (χ1) is 12.4. The van der Waals surface area contributed by atoms with Crippen molar-refractivity contribution in [2.45, 2.75) is 37.5 Å². The molecule has 0 unspecified atom stereocenters. The summed E-state index contributed by atoms with van der Waals surface area (Å²) in [5.74, 6) is -0.377. The maximum absolute atomic E-state index is 12.9. The van der Waals surface area contributed by atoms with E-state index in [0.29, 0.717) is 6.42 Å². The number of aliphatic hydroxyl groups is 3. The predicted octanol–water partition coefficient (Wildman–Crippen LogP) is -0.997. The third kappa shape index (κ3) is 3.47. The van der Waals surface area contributed by atoms with Gasteiger partial charge >= 0.3 is 5.69 Å². The molecule has 0 amide bonds. The molecular formula is C17H19FN2O6. The van der Waals surface area contributed by atoms with Gasteiger partial charge in [0.25, 0.3) is 5.56 Å². The third-order valence-electron chi connectivity index (χ3n) is 4.42. The quantitative estimate of drug-likeness (QED) is 0.626. The third-order valence-corrected chi connectivity index (χ3v) is 4.42. The molecule has 0 radical (unpaired) electrons. The molecule has 0 bridgehead atoms. The first-order valence-electron chi connectivity index (χ1n) is 8.11. The van der Waals surface area contributed by atoms with Crippen LogP contribution in [0.15, 0.2) is 46.1 Å². The van der Waals surface area contributed by atoms with E-state index in [1.54, 1.807) is 12.1 Å². The van der Waals surface area contributed by atoms with E-state index in [9.17, 15) is 24.2 Å². The molecule has 2 heterocycles. The lowest BCUT2D eigenvalue weighted by Gasteiger charge is -2.18. The van der Waals surface area contributed by atoms with Crippen LogP contribution in [0, 0.1) is 5.82 Å². The van der Waals surface area contributed by atoms with Gasteiger partial charge in [-0.05, 0) is 24.1 Å². The summed E-state index contributed by atoms with van der Waals surface area (Å²) in [4.78, 5) is 24.7. The zero-order valence-electron chi connectivity index (χ0n) is 13.7. The van der Waals surface area contributed by atoms with E-state index in [1.807, 2.05) is 0 Å². The molecule has 1 saturated heterocycles. The average Bonchev–Trinajstić information content (AvgIpc) is 2.91. The number of aromatic nitrogens is 2. The topological polar surface area (TPSA) is 114 Å². The minimum Gasteiger partial charge on any atom is -0.394 e. The molecule has 3 rings (SSSR count). The van der Waals surface area contributed by atoms with E-state index in [2.05, 4.69) is 0 Å². The van der Waals surface area contributed by atoms with E-state index in [4.69, 9.17) is 9.84 Å². The molecule has 1 fully saturated rings. The maximum atomic E-state index is 12.9. The minimum atomic E-state index is -1.42. The van der Waals surface area contributed by atoms with Crippen LogP contribution >= 0.6 is 0 Å². The molecule has 140 valence electrons. The van der Waals surface area contributed by atoms with E-state index < -0.39 is 42.4 Å². The zero-order chi connectivity index (χ0) is 18.8. The van der Waals surface area contributed by atoms with Crippen LogP contribution in [0.1, 0.15) is 11.8 Å². The van der Waals surface area contributed by atoms with Crippen molar-refractivity contribution in [3.05, 3.63) is 68.7 Å². The van der Waals surface area contributed by atoms with Crippen molar-refractivity contribution in [3.63, 3.8) is 0 Å². The fourth-order valence-electron chi connectivity index (χ4n) is 2.93. The molecule has 0 spiro atoms. The van der Waals surface area contributed by atoms with Crippen molar-refractivity contribution in [1.82, 2.24) is 9.13 Å². The Morgan fingerprint density at radius 2 is 1.77 bits per heavy atom. The highest BCUT2D eigenvalue weighted by Crippen LogP contribution is 2.27. The molecule has 3 N–H and O–H groups in total. The number of halogens is 1. The van der Waals surface area contributed by atoms with Gasteiger partial charge in [0.05, 0.1) is 6.61 Å². The number of hydrogen-bond acceptors (Lipinski definition) is 6. The van der Waals surface area contributed by atoms with Crippen LogP contribution in [-0.4, -0.2) is 49.4 Å². The van der Waals surface area contributed by atoms with E-state index in [0.717, 1.165) is 20.8 Å². The lowest BCUT2D eigenvalue weighted by Crippen LogP contribution is -2.43. The number of rotatable bonds is 5. The van der Waals surface area contributed by atoms with Crippen LogP contribution in [0.3, 0.4) is 0 Å². The van der Waals surface area contributed by atoms with Gasteiger partial charge in [0.15, 0.2) is 6.23 Å². The molecule has 1 aromatic heterocycles. The van der Waals surface area contributed by atoms with Gasteiger partial charge in [0.1, 0.15) is 24.1 Å². The highest BCUT2D eigenvalue weighted by Gasteiger charge is 2.43. The summed E-state index contributed by atoms with van der Waals surface area (Å²) in [7, 11) is 0. The van der Waals surface area contributed by atoms with Crippen molar-refractivity contribution < 1.29 is 24.4 Å². The summed E-state index contributed by atoms with van der Waals surface area (Å²) in [5, 5.41) is 29.0. The molecule has 9 heteroatoms. The molecule has 1 aromatic carbocycles. The van der Waals surface area contributed by atoms with E-state index >= 15 is 0 Å². The fraction of sp³-hybridized carbons (Fsp3) is 0.412. The molecular weight excluding hydrogens is 347 g/mol. The Kier molecular flexibility index (Phi) is 5.33. The maximum Gasteiger partial charge on any atom is 0.333 e. The number of nitrogens with zero attached hydrogens (tertiary/aromatic N) is 2. The zero-order valence-corrected chi connectivity index (χ0v) is 13.7. The Morgan fingerprint density at radius 3 is 2.38 bits per heavy atom. The van der Waals surface area contributed by atoms with Crippen molar-refractivity contribution in [2.75, 3.05) is 6.61 Å². The van der Waals surface area contributed by atoms with Crippen LogP contribution in [0.2, 0.25) is 0 Å². The average molecular weight is 366 g/mol. The summed E-state index contributed by atoms with van der Waals surface area (Å²) in [6.07, 6.45) is -3.51. The lowest BCUT2D eigenvalue weighted by atomic mass is 10.1. The van der Waals surface area contributed by atoms with Gasteiger partial charge in [-0.2, -0.15) is 0 Å². The smallest absolute Gasteiger partial charge is 0.333 e.